The minimum atomic E-state index is -1.04. The summed E-state index contributed by atoms with van der Waals surface area (Å²) in [4.78, 5) is 8.43. The summed E-state index contributed by atoms with van der Waals surface area (Å²) in [7, 11) is 0. The maximum Gasteiger partial charge on any atom is 0.165 e. The van der Waals surface area contributed by atoms with Gasteiger partial charge in [-0.3, -0.25) is 0 Å². The summed E-state index contributed by atoms with van der Waals surface area (Å²) in [5, 5.41) is 41.1. The molecule has 3 rings (SSSR count). The van der Waals surface area contributed by atoms with Gasteiger partial charge < -0.3 is 20.6 Å². The van der Waals surface area contributed by atoms with E-state index in [0.29, 0.717) is 23.8 Å². The van der Waals surface area contributed by atoms with Crippen molar-refractivity contribution in [2.24, 2.45) is 16.1 Å². The molecule has 144 valence electrons. The molecular formula is C18H22ClN5O3. The van der Waals surface area contributed by atoms with Crippen molar-refractivity contribution >= 4 is 28.8 Å². The molecule has 0 amide bonds. The zero-order valence-electron chi connectivity index (χ0n) is 15.0. The quantitative estimate of drug-likeness (QED) is 0.459. The summed E-state index contributed by atoms with van der Waals surface area (Å²) in [6.45, 7) is 3.46. The van der Waals surface area contributed by atoms with Crippen LogP contribution >= 0.6 is 11.6 Å². The lowest BCUT2D eigenvalue weighted by molar-refractivity contribution is 0.00446. The summed E-state index contributed by atoms with van der Waals surface area (Å²) < 4.78 is 0. The average molecular weight is 392 g/mol. The molecule has 1 saturated carbocycles. The van der Waals surface area contributed by atoms with E-state index in [4.69, 9.17) is 11.6 Å². The SMILES string of the molecule is Cc1ccc(/N=N/c2c(Cl)nc(C)nc2N[C@@H]2C[C@H](CO)[C@@H](O)[C@H]2O)cc1. The highest BCUT2D eigenvalue weighted by Crippen LogP contribution is 2.35. The van der Waals surface area contributed by atoms with Gasteiger partial charge in [0.2, 0.25) is 0 Å². The zero-order valence-corrected chi connectivity index (χ0v) is 15.8. The molecule has 0 unspecified atom stereocenters. The molecule has 1 aromatic carbocycles. The van der Waals surface area contributed by atoms with Crippen LogP contribution in [-0.2, 0) is 0 Å². The number of hydrogen-bond acceptors (Lipinski definition) is 8. The van der Waals surface area contributed by atoms with Crippen molar-refractivity contribution in [1.29, 1.82) is 0 Å². The number of aliphatic hydroxyl groups excluding tert-OH is 3. The highest BCUT2D eigenvalue weighted by atomic mass is 35.5. The van der Waals surface area contributed by atoms with Gasteiger partial charge in [0.1, 0.15) is 11.9 Å². The first-order valence-corrected chi connectivity index (χ1v) is 9.03. The van der Waals surface area contributed by atoms with Crippen molar-refractivity contribution in [3.05, 3.63) is 40.8 Å². The molecule has 0 saturated heterocycles. The second kappa shape index (κ2) is 8.26. The van der Waals surface area contributed by atoms with Gasteiger partial charge in [-0.2, -0.15) is 5.11 Å². The monoisotopic (exact) mass is 391 g/mol. The summed E-state index contributed by atoms with van der Waals surface area (Å²) in [6.07, 6.45) is -1.67. The van der Waals surface area contributed by atoms with E-state index in [9.17, 15) is 15.3 Å². The minimum absolute atomic E-state index is 0.132. The Morgan fingerprint density at radius 2 is 1.81 bits per heavy atom. The molecule has 8 nitrogen and oxygen atoms in total. The number of nitrogens with zero attached hydrogens (tertiary/aromatic N) is 4. The first kappa shape index (κ1) is 19.6. The first-order chi connectivity index (χ1) is 12.9. The lowest BCUT2D eigenvalue weighted by atomic mass is 10.1. The predicted octanol–water partition coefficient (Wildman–Crippen LogP) is 2.68. The highest BCUT2D eigenvalue weighted by Gasteiger charge is 2.41. The number of azo groups is 1. The van der Waals surface area contributed by atoms with Crippen LogP contribution in [0, 0.1) is 19.8 Å². The Morgan fingerprint density at radius 3 is 2.44 bits per heavy atom. The number of anilines is 1. The first-order valence-electron chi connectivity index (χ1n) is 8.65. The molecule has 0 aliphatic heterocycles. The lowest BCUT2D eigenvalue weighted by Crippen LogP contribution is -2.35. The van der Waals surface area contributed by atoms with Gasteiger partial charge in [0.25, 0.3) is 0 Å². The molecule has 1 aliphatic carbocycles. The highest BCUT2D eigenvalue weighted by molar-refractivity contribution is 6.32. The van der Waals surface area contributed by atoms with E-state index < -0.39 is 24.2 Å². The van der Waals surface area contributed by atoms with Crippen molar-refractivity contribution in [3.63, 3.8) is 0 Å². The zero-order chi connectivity index (χ0) is 19.6. The second-order valence-corrected chi connectivity index (χ2v) is 7.06. The Labute approximate surface area is 162 Å². The molecule has 4 atom stereocenters. The molecule has 1 fully saturated rings. The third kappa shape index (κ3) is 4.41. The second-order valence-electron chi connectivity index (χ2n) is 6.70. The maximum absolute atomic E-state index is 10.2. The molecule has 2 aromatic rings. The molecule has 1 aromatic heterocycles. The number of aryl methyl sites for hydroxylation is 2. The van der Waals surface area contributed by atoms with Crippen LogP contribution in [-0.4, -0.2) is 50.1 Å². The van der Waals surface area contributed by atoms with Gasteiger partial charge in [-0.05, 0) is 32.4 Å². The molecular weight excluding hydrogens is 370 g/mol. The molecule has 1 aliphatic rings. The Bertz CT molecular complexity index is 830. The van der Waals surface area contributed by atoms with E-state index in [2.05, 4.69) is 25.5 Å². The topological polar surface area (TPSA) is 123 Å². The van der Waals surface area contributed by atoms with E-state index in [-0.39, 0.29) is 17.4 Å². The number of hydrogen-bond donors (Lipinski definition) is 4. The van der Waals surface area contributed by atoms with Gasteiger partial charge in [-0.1, -0.05) is 29.3 Å². The number of aliphatic hydroxyl groups is 3. The van der Waals surface area contributed by atoms with Crippen LogP contribution in [0.3, 0.4) is 0 Å². The molecule has 0 bridgehead atoms. The van der Waals surface area contributed by atoms with Crippen LogP contribution in [0.2, 0.25) is 5.15 Å². The number of benzene rings is 1. The number of rotatable bonds is 5. The summed E-state index contributed by atoms with van der Waals surface area (Å²) >= 11 is 6.24. The normalized spacial score (nSPS) is 25.3. The fraction of sp³-hybridized carbons (Fsp3) is 0.444. The fourth-order valence-electron chi connectivity index (χ4n) is 3.07. The molecule has 4 N–H and O–H groups in total. The molecule has 0 radical (unpaired) electrons. The summed E-state index contributed by atoms with van der Waals surface area (Å²) in [5.41, 5.74) is 2.01. The van der Waals surface area contributed by atoms with Crippen LogP contribution in [0.4, 0.5) is 17.2 Å². The van der Waals surface area contributed by atoms with Crippen LogP contribution in [0.25, 0.3) is 0 Å². The van der Waals surface area contributed by atoms with E-state index in [1.54, 1.807) is 6.92 Å². The molecule has 1 heterocycles. The van der Waals surface area contributed by atoms with E-state index in [0.717, 1.165) is 5.56 Å². The third-order valence-electron chi connectivity index (χ3n) is 4.61. The summed E-state index contributed by atoms with van der Waals surface area (Å²) in [6, 6.07) is 7.00. The maximum atomic E-state index is 10.2. The van der Waals surface area contributed by atoms with Crippen molar-refractivity contribution in [3.8, 4) is 0 Å². The number of aromatic nitrogens is 2. The molecule has 0 spiro atoms. The Balaban J connectivity index is 1.88. The summed E-state index contributed by atoms with van der Waals surface area (Å²) in [5.74, 6) is 0.343. The standard InChI is InChI=1S/C18H22ClN5O3/c1-9-3-5-12(6-4-9)23-24-14-17(19)20-10(2)21-18(14)22-13-7-11(8-25)15(26)16(13)27/h3-6,11,13,15-16,25-27H,7-8H2,1-2H3,(H,20,21,22)/b24-23+/t11-,13-,15-,16+/m1/s1. The number of halogens is 1. The van der Waals surface area contributed by atoms with Gasteiger partial charge in [0.05, 0.1) is 17.8 Å². The van der Waals surface area contributed by atoms with Gasteiger partial charge >= 0.3 is 0 Å². The van der Waals surface area contributed by atoms with Crippen LogP contribution in [0.5, 0.6) is 0 Å². The van der Waals surface area contributed by atoms with Crippen molar-refractivity contribution < 1.29 is 15.3 Å². The third-order valence-corrected chi connectivity index (χ3v) is 4.87. The molecule has 27 heavy (non-hydrogen) atoms. The van der Waals surface area contributed by atoms with Crippen LogP contribution in [0.15, 0.2) is 34.5 Å². The van der Waals surface area contributed by atoms with Gasteiger partial charge in [-0.25, -0.2) is 9.97 Å². The van der Waals surface area contributed by atoms with Crippen LogP contribution < -0.4 is 5.32 Å². The van der Waals surface area contributed by atoms with Gasteiger partial charge in [0.15, 0.2) is 16.7 Å². The van der Waals surface area contributed by atoms with Crippen LogP contribution in [0.1, 0.15) is 17.8 Å². The van der Waals surface area contributed by atoms with E-state index >= 15 is 0 Å². The Hall–Kier alpha value is -2.13. The van der Waals surface area contributed by atoms with Gasteiger partial charge in [0, 0.05) is 12.5 Å². The average Bonchev–Trinajstić information content (AvgIpc) is 2.90. The Kier molecular flexibility index (Phi) is 6.01. The smallest absolute Gasteiger partial charge is 0.165 e. The minimum Gasteiger partial charge on any atom is -0.396 e. The Morgan fingerprint density at radius 1 is 1.11 bits per heavy atom. The van der Waals surface area contributed by atoms with Crippen molar-refractivity contribution in [2.45, 2.75) is 38.5 Å². The largest absolute Gasteiger partial charge is 0.396 e. The predicted molar refractivity (Wildman–Crippen MR) is 102 cm³/mol. The fourth-order valence-corrected chi connectivity index (χ4v) is 3.31. The van der Waals surface area contributed by atoms with Gasteiger partial charge in [-0.15, -0.1) is 5.11 Å². The van der Waals surface area contributed by atoms with Crippen molar-refractivity contribution in [2.75, 3.05) is 11.9 Å². The van der Waals surface area contributed by atoms with E-state index in [1.165, 1.54) is 0 Å². The lowest BCUT2D eigenvalue weighted by Gasteiger charge is -2.19. The van der Waals surface area contributed by atoms with E-state index in [1.807, 2.05) is 31.2 Å². The van der Waals surface area contributed by atoms with Crippen molar-refractivity contribution in [1.82, 2.24) is 9.97 Å². The number of nitrogens with one attached hydrogen (secondary N) is 1. The molecule has 9 heteroatoms.